The highest BCUT2D eigenvalue weighted by atomic mass is 16.6. The van der Waals surface area contributed by atoms with Gasteiger partial charge in [-0.25, -0.2) is 4.79 Å². The van der Waals surface area contributed by atoms with Gasteiger partial charge >= 0.3 is 6.03 Å². The summed E-state index contributed by atoms with van der Waals surface area (Å²) in [6.45, 7) is 5.40. The molecule has 0 fully saturated rings. The van der Waals surface area contributed by atoms with Crippen LogP contribution in [-0.2, 0) is 0 Å². The molecular weight excluding hydrogens is 320 g/mol. The zero-order chi connectivity index (χ0) is 18.6. The molecule has 25 heavy (non-hydrogen) atoms. The maximum atomic E-state index is 12.5. The van der Waals surface area contributed by atoms with Crippen LogP contribution in [-0.4, -0.2) is 27.9 Å². The number of carbonyl (C=O) groups is 1. The Bertz CT molecular complexity index is 764. The van der Waals surface area contributed by atoms with Gasteiger partial charge in [0.25, 0.3) is 5.69 Å². The number of nitrogens with zero attached hydrogens (tertiary/aromatic N) is 3. The third-order valence-electron chi connectivity index (χ3n) is 4.34. The van der Waals surface area contributed by atoms with Crippen LogP contribution in [0.25, 0.3) is 0 Å². The van der Waals surface area contributed by atoms with E-state index in [9.17, 15) is 14.9 Å². The Hall–Kier alpha value is -2.96. The minimum atomic E-state index is -0.413. The Labute approximate surface area is 146 Å². The summed E-state index contributed by atoms with van der Waals surface area (Å²) in [6, 6.07) is 7.97. The molecule has 7 nitrogen and oxygen atoms in total. The number of amides is 2. The average Bonchev–Trinajstić information content (AvgIpc) is 2.61. The van der Waals surface area contributed by atoms with E-state index in [1.807, 2.05) is 19.1 Å². The number of nitrogens with one attached hydrogen (secondary N) is 1. The van der Waals surface area contributed by atoms with Crippen molar-refractivity contribution < 1.29 is 9.72 Å². The number of hydrogen-bond acceptors (Lipinski definition) is 4. The first-order valence-corrected chi connectivity index (χ1v) is 7.99. The third kappa shape index (κ3) is 4.32. The first-order chi connectivity index (χ1) is 11.8. The normalized spacial score (nSPS) is 13.0. The molecule has 2 atom stereocenters. The van der Waals surface area contributed by atoms with Crippen molar-refractivity contribution in [2.45, 2.75) is 32.9 Å². The number of hydrogen-bond donors (Lipinski definition) is 1. The molecule has 0 aliphatic rings. The van der Waals surface area contributed by atoms with Crippen molar-refractivity contribution in [3.05, 3.63) is 69.5 Å². The van der Waals surface area contributed by atoms with Gasteiger partial charge in [-0.3, -0.25) is 15.1 Å². The molecule has 2 amide bonds. The SMILES string of the molecule is Cc1ccc([C@H](C)NC(=O)N(C)[C@@H](C)c2cccnc2)cc1[N+](=O)[O-]. The van der Waals surface area contributed by atoms with E-state index in [4.69, 9.17) is 0 Å². The van der Waals surface area contributed by atoms with Crippen molar-refractivity contribution in [1.29, 1.82) is 0 Å². The van der Waals surface area contributed by atoms with E-state index < -0.39 is 4.92 Å². The van der Waals surface area contributed by atoms with Gasteiger partial charge in [-0.05, 0) is 38.0 Å². The Balaban J connectivity index is 2.09. The molecule has 1 aromatic heterocycles. The van der Waals surface area contributed by atoms with Crippen LogP contribution in [0, 0.1) is 17.0 Å². The molecule has 0 aliphatic carbocycles. The van der Waals surface area contributed by atoms with E-state index in [2.05, 4.69) is 10.3 Å². The van der Waals surface area contributed by atoms with E-state index in [0.29, 0.717) is 11.1 Å². The Morgan fingerprint density at radius 2 is 2.00 bits per heavy atom. The van der Waals surface area contributed by atoms with Gasteiger partial charge in [-0.2, -0.15) is 0 Å². The zero-order valence-corrected chi connectivity index (χ0v) is 14.8. The lowest BCUT2D eigenvalue weighted by atomic mass is 10.0. The van der Waals surface area contributed by atoms with E-state index in [1.165, 1.54) is 6.07 Å². The standard InChI is InChI=1S/C18H22N4O3/c1-12-7-8-15(10-17(12)22(24)25)13(2)20-18(23)21(4)14(3)16-6-5-9-19-11-16/h5-11,13-14H,1-4H3,(H,20,23)/t13-,14-/m0/s1. The molecule has 1 heterocycles. The first kappa shape index (κ1) is 18.4. The number of carbonyl (C=O) groups excluding carboxylic acids is 1. The monoisotopic (exact) mass is 342 g/mol. The summed E-state index contributed by atoms with van der Waals surface area (Å²) in [5.74, 6) is 0. The number of nitro groups is 1. The molecule has 0 saturated carbocycles. The number of urea groups is 1. The summed E-state index contributed by atoms with van der Waals surface area (Å²) in [5, 5.41) is 14.0. The fourth-order valence-electron chi connectivity index (χ4n) is 2.49. The number of rotatable bonds is 5. The van der Waals surface area contributed by atoms with Gasteiger partial charge in [0.05, 0.1) is 17.0 Å². The molecule has 132 valence electrons. The van der Waals surface area contributed by atoms with Crippen molar-refractivity contribution in [3.8, 4) is 0 Å². The van der Waals surface area contributed by atoms with Crippen molar-refractivity contribution >= 4 is 11.7 Å². The van der Waals surface area contributed by atoms with E-state index >= 15 is 0 Å². The summed E-state index contributed by atoms with van der Waals surface area (Å²) >= 11 is 0. The zero-order valence-electron chi connectivity index (χ0n) is 14.8. The van der Waals surface area contributed by atoms with Crippen LogP contribution in [0.2, 0.25) is 0 Å². The summed E-state index contributed by atoms with van der Waals surface area (Å²) < 4.78 is 0. The van der Waals surface area contributed by atoms with Crippen LogP contribution in [0.1, 0.15) is 42.6 Å². The van der Waals surface area contributed by atoms with Crippen LogP contribution in [0.5, 0.6) is 0 Å². The highest BCUT2D eigenvalue weighted by Crippen LogP contribution is 2.24. The van der Waals surface area contributed by atoms with Gasteiger partial charge in [0.1, 0.15) is 0 Å². The lowest BCUT2D eigenvalue weighted by molar-refractivity contribution is -0.385. The summed E-state index contributed by atoms with van der Waals surface area (Å²) in [4.78, 5) is 28.8. The van der Waals surface area contributed by atoms with Gasteiger partial charge in [0.15, 0.2) is 0 Å². The van der Waals surface area contributed by atoms with Gasteiger partial charge in [0, 0.05) is 31.1 Å². The summed E-state index contributed by atoms with van der Waals surface area (Å²) in [5.41, 5.74) is 2.26. The maximum Gasteiger partial charge on any atom is 0.318 e. The van der Waals surface area contributed by atoms with Crippen LogP contribution in [0.4, 0.5) is 10.5 Å². The van der Waals surface area contributed by atoms with Gasteiger partial charge in [0.2, 0.25) is 0 Å². The third-order valence-corrected chi connectivity index (χ3v) is 4.34. The number of aromatic nitrogens is 1. The van der Waals surface area contributed by atoms with Crippen molar-refractivity contribution in [2.24, 2.45) is 0 Å². The molecule has 0 radical (unpaired) electrons. The molecule has 1 N–H and O–H groups in total. The Morgan fingerprint density at radius 1 is 1.28 bits per heavy atom. The molecule has 1 aromatic carbocycles. The van der Waals surface area contributed by atoms with E-state index in [0.717, 1.165) is 5.56 Å². The van der Waals surface area contributed by atoms with Crippen LogP contribution in [0.15, 0.2) is 42.7 Å². The summed E-state index contributed by atoms with van der Waals surface area (Å²) in [7, 11) is 1.71. The maximum absolute atomic E-state index is 12.5. The number of aryl methyl sites for hydroxylation is 1. The van der Waals surface area contributed by atoms with Crippen LogP contribution < -0.4 is 5.32 Å². The minimum absolute atomic E-state index is 0.0516. The highest BCUT2D eigenvalue weighted by molar-refractivity contribution is 5.75. The first-order valence-electron chi connectivity index (χ1n) is 7.99. The molecule has 2 aromatic rings. The fraction of sp³-hybridized carbons (Fsp3) is 0.333. The molecule has 0 unspecified atom stereocenters. The lowest BCUT2D eigenvalue weighted by Crippen LogP contribution is -2.40. The second kappa shape index (κ2) is 7.74. The van der Waals surface area contributed by atoms with Crippen LogP contribution in [0.3, 0.4) is 0 Å². The average molecular weight is 342 g/mol. The Kier molecular flexibility index (Phi) is 5.69. The lowest BCUT2D eigenvalue weighted by Gasteiger charge is -2.27. The predicted octanol–water partition coefficient (Wildman–Crippen LogP) is 3.76. The van der Waals surface area contributed by atoms with Crippen molar-refractivity contribution in [1.82, 2.24) is 15.2 Å². The fourth-order valence-corrected chi connectivity index (χ4v) is 2.49. The number of benzene rings is 1. The second-order valence-corrected chi connectivity index (χ2v) is 6.05. The molecule has 2 rings (SSSR count). The minimum Gasteiger partial charge on any atom is -0.331 e. The number of pyridine rings is 1. The predicted molar refractivity (Wildman–Crippen MR) is 95.2 cm³/mol. The van der Waals surface area contributed by atoms with Gasteiger partial charge in [-0.1, -0.05) is 18.2 Å². The molecule has 0 bridgehead atoms. The van der Waals surface area contributed by atoms with E-state index in [-0.39, 0.29) is 23.8 Å². The molecule has 0 saturated heterocycles. The topological polar surface area (TPSA) is 88.4 Å². The molecule has 7 heteroatoms. The smallest absolute Gasteiger partial charge is 0.318 e. The quantitative estimate of drug-likeness (QED) is 0.662. The number of nitro benzene ring substituents is 1. The highest BCUT2D eigenvalue weighted by Gasteiger charge is 2.21. The molecule has 0 spiro atoms. The van der Waals surface area contributed by atoms with Crippen molar-refractivity contribution in [2.75, 3.05) is 7.05 Å². The van der Waals surface area contributed by atoms with Crippen molar-refractivity contribution in [3.63, 3.8) is 0 Å². The van der Waals surface area contributed by atoms with Gasteiger partial charge < -0.3 is 10.2 Å². The molecule has 0 aliphatic heterocycles. The molecular formula is C18H22N4O3. The Morgan fingerprint density at radius 3 is 2.60 bits per heavy atom. The summed E-state index contributed by atoms with van der Waals surface area (Å²) in [6.07, 6.45) is 3.41. The van der Waals surface area contributed by atoms with Gasteiger partial charge in [-0.15, -0.1) is 0 Å². The largest absolute Gasteiger partial charge is 0.331 e. The second-order valence-electron chi connectivity index (χ2n) is 6.05. The van der Waals surface area contributed by atoms with Crippen LogP contribution >= 0.6 is 0 Å². The van der Waals surface area contributed by atoms with E-state index in [1.54, 1.807) is 50.3 Å².